The van der Waals surface area contributed by atoms with Crippen LogP contribution in [-0.2, 0) is 0 Å². The summed E-state index contributed by atoms with van der Waals surface area (Å²) in [6, 6.07) is 40.4. The largest absolute Gasteiger partial charge is 0.294 e. The summed E-state index contributed by atoms with van der Waals surface area (Å²) < 4.78 is 4.50. The highest BCUT2D eigenvalue weighted by Gasteiger charge is 2.18. The molecule has 3 nitrogen and oxygen atoms in total. The third-order valence-electron chi connectivity index (χ3n) is 7.46. The zero-order valence-corrected chi connectivity index (χ0v) is 21.5. The molecule has 7 aromatic rings. The van der Waals surface area contributed by atoms with E-state index in [1.165, 1.54) is 21.7 Å². The molecule has 39 heavy (non-hydrogen) atoms. The van der Waals surface area contributed by atoms with Crippen LogP contribution in [0.5, 0.6) is 0 Å². The Balaban J connectivity index is 1.60. The van der Waals surface area contributed by atoms with E-state index in [0.29, 0.717) is 0 Å². The molecule has 0 aliphatic rings. The van der Waals surface area contributed by atoms with Crippen LogP contribution in [-0.4, -0.2) is 14.1 Å². The first-order chi connectivity index (χ1) is 19.2. The number of terminal acetylenes is 1. The van der Waals surface area contributed by atoms with E-state index in [4.69, 9.17) is 11.4 Å². The van der Waals surface area contributed by atoms with Gasteiger partial charge in [-0.1, -0.05) is 90.8 Å². The highest BCUT2D eigenvalue weighted by Crippen LogP contribution is 2.35. The van der Waals surface area contributed by atoms with Gasteiger partial charge in [-0.2, -0.15) is 0 Å². The zero-order chi connectivity index (χ0) is 26.3. The number of fused-ring (bicyclic) bond motifs is 4. The van der Waals surface area contributed by atoms with Gasteiger partial charge in [0.1, 0.15) is 11.6 Å². The van der Waals surface area contributed by atoms with Gasteiger partial charge < -0.3 is 0 Å². The van der Waals surface area contributed by atoms with Crippen LogP contribution in [0, 0.1) is 19.3 Å². The number of allylic oxidation sites excluding steroid dienone is 1. The molecule has 0 atom stereocenters. The van der Waals surface area contributed by atoms with Gasteiger partial charge in [-0.05, 0) is 66.1 Å². The predicted molar refractivity (Wildman–Crippen MR) is 163 cm³/mol. The van der Waals surface area contributed by atoms with E-state index in [1.807, 2.05) is 12.1 Å². The van der Waals surface area contributed by atoms with Crippen molar-refractivity contribution in [1.29, 1.82) is 0 Å². The van der Waals surface area contributed by atoms with Crippen molar-refractivity contribution in [2.24, 2.45) is 0 Å². The maximum absolute atomic E-state index is 5.64. The molecule has 0 aliphatic carbocycles. The first-order valence-electron chi connectivity index (χ1n) is 13.0. The first-order valence-corrected chi connectivity index (χ1v) is 13.0. The van der Waals surface area contributed by atoms with Crippen molar-refractivity contribution >= 4 is 38.8 Å². The fourth-order valence-corrected chi connectivity index (χ4v) is 5.69. The summed E-state index contributed by atoms with van der Waals surface area (Å²) in [7, 11) is 0. The molecule has 184 valence electrons. The molecule has 3 aromatic heterocycles. The summed E-state index contributed by atoms with van der Waals surface area (Å²) in [5.41, 5.74) is 7.78. The second-order valence-electron chi connectivity index (χ2n) is 9.67. The molecule has 4 aromatic carbocycles. The van der Waals surface area contributed by atoms with Crippen LogP contribution in [0.15, 0.2) is 121 Å². The van der Waals surface area contributed by atoms with E-state index in [1.54, 1.807) is 6.08 Å². The lowest BCUT2D eigenvalue weighted by atomic mass is 10.1. The van der Waals surface area contributed by atoms with Crippen molar-refractivity contribution in [2.75, 3.05) is 0 Å². The summed E-state index contributed by atoms with van der Waals surface area (Å²) in [5, 5.41) is 3.60. The van der Waals surface area contributed by atoms with Gasteiger partial charge >= 0.3 is 0 Å². The lowest BCUT2D eigenvalue weighted by molar-refractivity contribution is 0.984. The van der Waals surface area contributed by atoms with E-state index in [0.717, 1.165) is 45.0 Å². The molecule has 0 fully saturated rings. The lowest BCUT2D eigenvalue weighted by Gasteiger charge is -2.15. The minimum Gasteiger partial charge on any atom is -0.294 e. The van der Waals surface area contributed by atoms with Gasteiger partial charge in [-0.25, -0.2) is 4.98 Å². The van der Waals surface area contributed by atoms with E-state index < -0.39 is 0 Å². The van der Waals surface area contributed by atoms with E-state index >= 15 is 0 Å². The Morgan fingerprint density at radius 1 is 0.615 bits per heavy atom. The summed E-state index contributed by atoms with van der Waals surface area (Å²) in [5.74, 6) is 4.37. The van der Waals surface area contributed by atoms with Crippen LogP contribution in [0.4, 0.5) is 0 Å². The predicted octanol–water partition coefficient (Wildman–Crippen LogP) is 8.74. The minimum atomic E-state index is 0.842. The van der Waals surface area contributed by atoms with Crippen molar-refractivity contribution in [3.8, 4) is 35.1 Å². The molecular weight excluding hydrogens is 474 g/mol. The van der Waals surface area contributed by atoms with Crippen molar-refractivity contribution < 1.29 is 0 Å². The van der Waals surface area contributed by atoms with Gasteiger partial charge in [0.2, 0.25) is 0 Å². The molecule has 0 N–H and O–H groups in total. The summed E-state index contributed by atoms with van der Waals surface area (Å²) in [6.45, 7) is 2.14. The molecule has 3 heterocycles. The van der Waals surface area contributed by atoms with E-state index in [2.05, 4.69) is 131 Å². The van der Waals surface area contributed by atoms with Gasteiger partial charge in [-0.15, -0.1) is 6.42 Å². The highest BCUT2D eigenvalue weighted by atomic mass is 15.1. The van der Waals surface area contributed by atoms with Crippen LogP contribution < -0.4 is 0 Å². The van der Waals surface area contributed by atoms with Crippen LogP contribution in [0.2, 0.25) is 0 Å². The van der Waals surface area contributed by atoms with Gasteiger partial charge in [0.15, 0.2) is 0 Å². The SMILES string of the molecule is C#C/C=C\c1c(C)c2ccccc2n1-c1cc(-c2ccccc2)cc(-n2c3ccccc3c3ccccc32)n1. The second-order valence-corrected chi connectivity index (χ2v) is 9.67. The quantitative estimate of drug-likeness (QED) is 0.222. The molecule has 0 saturated carbocycles. The van der Waals surface area contributed by atoms with Gasteiger partial charge in [-0.3, -0.25) is 9.13 Å². The molecule has 0 aliphatic heterocycles. The molecule has 0 unspecified atom stereocenters. The fourth-order valence-electron chi connectivity index (χ4n) is 5.69. The van der Waals surface area contributed by atoms with Crippen LogP contribution in [0.3, 0.4) is 0 Å². The molecule has 0 bridgehead atoms. The van der Waals surface area contributed by atoms with Crippen LogP contribution >= 0.6 is 0 Å². The zero-order valence-electron chi connectivity index (χ0n) is 21.5. The normalized spacial score (nSPS) is 11.6. The van der Waals surface area contributed by atoms with Crippen LogP contribution in [0.25, 0.3) is 61.5 Å². The van der Waals surface area contributed by atoms with E-state index in [-0.39, 0.29) is 0 Å². The Hall–Kier alpha value is -5.33. The van der Waals surface area contributed by atoms with Crippen LogP contribution in [0.1, 0.15) is 11.3 Å². The summed E-state index contributed by atoms with van der Waals surface area (Å²) in [6.07, 6.45) is 9.40. The summed E-state index contributed by atoms with van der Waals surface area (Å²) in [4.78, 5) is 5.34. The average Bonchev–Trinajstić information content (AvgIpc) is 3.48. The number of pyridine rings is 1. The van der Waals surface area contributed by atoms with Crippen molar-refractivity contribution in [2.45, 2.75) is 6.92 Å². The summed E-state index contributed by atoms with van der Waals surface area (Å²) >= 11 is 0. The van der Waals surface area contributed by atoms with Gasteiger partial charge in [0, 0.05) is 16.2 Å². The fraction of sp³-hybridized carbons (Fsp3) is 0.0278. The standard InChI is InChI=1S/C36H25N3/c1-3-4-19-31-25(2)28-16-8-11-20-32(28)38(31)35-23-27(26-14-6-5-7-15-26)24-36(37-35)39-33-21-12-9-17-29(33)30-18-10-13-22-34(30)39/h1,4-24H,2H3/b19-4-. The van der Waals surface area contributed by atoms with Crippen molar-refractivity contribution in [3.63, 3.8) is 0 Å². The number of nitrogens with zero attached hydrogens (tertiary/aromatic N) is 3. The van der Waals surface area contributed by atoms with Gasteiger partial charge in [0.25, 0.3) is 0 Å². The molecule has 0 radical (unpaired) electrons. The molecule has 3 heteroatoms. The Labute approximate surface area is 227 Å². The average molecular weight is 500 g/mol. The maximum Gasteiger partial charge on any atom is 0.140 e. The number of rotatable bonds is 4. The smallest absolute Gasteiger partial charge is 0.140 e. The molecule has 7 rings (SSSR count). The number of aryl methyl sites for hydroxylation is 1. The number of aromatic nitrogens is 3. The Kier molecular flexibility index (Phi) is 5.39. The molecule has 0 spiro atoms. The Bertz CT molecular complexity index is 2030. The number of hydrogen-bond donors (Lipinski definition) is 0. The van der Waals surface area contributed by atoms with E-state index in [9.17, 15) is 0 Å². The maximum atomic E-state index is 5.64. The number of hydrogen-bond acceptors (Lipinski definition) is 1. The van der Waals surface area contributed by atoms with Gasteiger partial charge in [0.05, 0.1) is 22.2 Å². The number of benzene rings is 4. The van der Waals surface area contributed by atoms with Crippen molar-refractivity contribution in [3.05, 3.63) is 133 Å². The highest BCUT2D eigenvalue weighted by molar-refractivity contribution is 6.09. The molecule has 0 saturated heterocycles. The minimum absolute atomic E-state index is 0.842. The monoisotopic (exact) mass is 499 g/mol. The Morgan fingerprint density at radius 2 is 1.13 bits per heavy atom. The number of para-hydroxylation sites is 3. The molecule has 0 amide bonds. The first kappa shape index (κ1) is 22.8. The Morgan fingerprint density at radius 3 is 1.74 bits per heavy atom. The van der Waals surface area contributed by atoms with Crippen molar-refractivity contribution in [1.82, 2.24) is 14.1 Å². The second kappa shape index (κ2) is 9.20. The third-order valence-corrected chi connectivity index (χ3v) is 7.46. The topological polar surface area (TPSA) is 22.8 Å². The molecular formula is C36H25N3. The lowest BCUT2D eigenvalue weighted by Crippen LogP contribution is -2.05. The third kappa shape index (κ3) is 3.66.